The van der Waals surface area contributed by atoms with Crippen LogP contribution in [0.15, 0.2) is 52.8 Å². The van der Waals surface area contributed by atoms with Gasteiger partial charge in [-0.05, 0) is 74.0 Å². The van der Waals surface area contributed by atoms with Crippen LogP contribution in [-0.2, 0) is 0 Å². The van der Waals surface area contributed by atoms with E-state index < -0.39 is 18.8 Å². The monoisotopic (exact) mass is 529 g/mol. The second-order valence-corrected chi connectivity index (χ2v) is 10.2. The summed E-state index contributed by atoms with van der Waals surface area (Å²) in [7, 11) is 0. The van der Waals surface area contributed by atoms with E-state index in [4.69, 9.17) is 4.98 Å². The zero-order valence-corrected chi connectivity index (χ0v) is 20.9. The number of hydrogen-bond donors (Lipinski definition) is 3. The molecule has 1 atom stereocenters. The number of aromatic nitrogens is 3. The standard InChI is InChI=1S/C26H26F3N5O2S/c1-15-14-37-25(31-15)20-12-18-6-9-30-24(36)22(18)23(33-20)32-19-4-2-16(3-5-19)17-7-10-34(11-8-17)13-21(35)26(27,28)29/h2-6,9,12,14,17,21,35H,7-8,10-11,13H2,1H3,(H,30,36)(H,32,33). The number of anilines is 2. The van der Waals surface area contributed by atoms with Crippen molar-refractivity contribution in [2.24, 2.45) is 0 Å². The molecule has 3 aromatic heterocycles. The predicted molar refractivity (Wildman–Crippen MR) is 138 cm³/mol. The van der Waals surface area contributed by atoms with Gasteiger partial charge >= 0.3 is 6.18 Å². The third-order valence-corrected chi connectivity index (χ3v) is 7.62. The number of rotatable bonds is 6. The van der Waals surface area contributed by atoms with E-state index >= 15 is 0 Å². The summed E-state index contributed by atoms with van der Waals surface area (Å²) in [6, 6.07) is 11.5. The van der Waals surface area contributed by atoms with E-state index in [9.17, 15) is 23.1 Å². The van der Waals surface area contributed by atoms with Crippen LogP contribution in [-0.4, -0.2) is 56.9 Å². The lowest BCUT2D eigenvalue weighted by molar-refractivity contribution is -0.208. The van der Waals surface area contributed by atoms with Gasteiger partial charge in [-0.15, -0.1) is 11.3 Å². The Bertz CT molecular complexity index is 1440. The van der Waals surface area contributed by atoms with Crippen LogP contribution in [0.5, 0.6) is 0 Å². The molecule has 1 saturated heterocycles. The maximum Gasteiger partial charge on any atom is 0.415 e. The SMILES string of the molecule is Cc1csc(-c2cc3cc[nH]c(=O)c3c(Nc3ccc(C4CCN(CC(O)C(F)(F)F)CC4)cc3)n2)n1. The first-order chi connectivity index (χ1) is 17.7. The highest BCUT2D eigenvalue weighted by atomic mass is 32.1. The molecule has 0 spiro atoms. The van der Waals surface area contributed by atoms with Crippen molar-refractivity contribution < 1.29 is 18.3 Å². The molecular formula is C26H26F3N5O2S. The highest BCUT2D eigenvalue weighted by Gasteiger charge is 2.39. The third kappa shape index (κ3) is 5.68. The van der Waals surface area contributed by atoms with Crippen LogP contribution in [0.4, 0.5) is 24.7 Å². The van der Waals surface area contributed by atoms with Gasteiger partial charge in [-0.1, -0.05) is 12.1 Å². The van der Waals surface area contributed by atoms with Gasteiger partial charge < -0.3 is 20.3 Å². The molecule has 194 valence electrons. The Labute approximate surface area is 215 Å². The zero-order chi connectivity index (χ0) is 26.2. The summed E-state index contributed by atoms with van der Waals surface area (Å²) in [5.74, 6) is 0.665. The van der Waals surface area contributed by atoms with Gasteiger partial charge in [0.2, 0.25) is 0 Å². The number of pyridine rings is 2. The summed E-state index contributed by atoms with van der Waals surface area (Å²) in [4.78, 5) is 26.2. The minimum atomic E-state index is -4.59. The molecule has 1 fully saturated rings. The number of β-amino-alcohol motifs (C(OH)–C–C–N with tert-alkyl or cyclic N) is 1. The highest BCUT2D eigenvalue weighted by molar-refractivity contribution is 7.13. The van der Waals surface area contributed by atoms with Gasteiger partial charge in [0.1, 0.15) is 16.5 Å². The number of aliphatic hydroxyl groups excluding tert-OH is 1. The van der Waals surface area contributed by atoms with E-state index in [-0.39, 0.29) is 11.5 Å². The van der Waals surface area contributed by atoms with Crippen molar-refractivity contribution in [1.29, 1.82) is 0 Å². The zero-order valence-electron chi connectivity index (χ0n) is 20.0. The average Bonchev–Trinajstić information content (AvgIpc) is 3.31. The smallest absolute Gasteiger partial charge is 0.382 e. The molecule has 11 heteroatoms. The first kappa shape index (κ1) is 25.4. The van der Waals surface area contributed by atoms with Crippen molar-refractivity contribution in [2.45, 2.75) is 38.0 Å². The summed E-state index contributed by atoms with van der Waals surface area (Å²) in [5.41, 5.74) is 3.20. The Balaban J connectivity index is 1.32. The summed E-state index contributed by atoms with van der Waals surface area (Å²) >= 11 is 1.49. The largest absolute Gasteiger partial charge is 0.415 e. The second kappa shape index (κ2) is 10.2. The van der Waals surface area contributed by atoms with Crippen LogP contribution in [0.25, 0.3) is 21.5 Å². The molecule has 0 radical (unpaired) electrons. The average molecular weight is 530 g/mol. The van der Waals surface area contributed by atoms with Gasteiger partial charge in [-0.3, -0.25) is 4.79 Å². The van der Waals surface area contributed by atoms with Crippen molar-refractivity contribution in [2.75, 3.05) is 25.0 Å². The Morgan fingerprint density at radius 2 is 1.92 bits per heavy atom. The van der Waals surface area contributed by atoms with E-state index in [0.29, 0.717) is 42.8 Å². The highest BCUT2D eigenvalue weighted by Crippen LogP contribution is 2.32. The fourth-order valence-electron chi connectivity index (χ4n) is 4.66. The first-order valence-corrected chi connectivity index (χ1v) is 12.8. The molecule has 0 bridgehead atoms. The molecule has 0 saturated carbocycles. The topological polar surface area (TPSA) is 94.1 Å². The number of piperidine rings is 1. The molecule has 4 heterocycles. The molecule has 3 N–H and O–H groups in total. The number of fused-ring (bicyclic) bond motifs is 1. The molecule has 7 nitrogen and oxygen atoms in total. The normalized spacial score (nSPS) is 16.2. The molecule has 0 aliphatic carbocycles. The molecule has 5 rings (SSSR count). The predicted octanol–water partition coefficient (Wildman–Crippen LogP) is 5.20. The minimum absolute atomic E-state index is 0.228. The number of likely N-dealkylation sites (tertiary alicyclic amines) is 1. The number of benzene rings is 1. The number of alkyl halides is 3. The molecule has 37 heavy (non-hydrogen) atoms. The lowest BCUT2D eigenvalue weighted by Crippen LogP contribution is -2.43. The van der Waals surface area contributed by atoms with Crippen LogP contribution < -0.4 is 10.9 Å². The lowest BCUT2D eigenvalue weighted by atomic mass is 9.89. The molecule has 0 amide bonds. The summed E-state index contributed by atoms with van der Waals surface area (Å²) < 4.78 is 37.9. The van der Waals surface area contributed by atoms with Crippen molar-refractivity contribution >= 4 is 33.6 Å². The number of nitrogens with zero attached hydrogens (tertiary/aromatic N) is 3. The van der Waals surface area contributed by atoms with E-state index in [1.807, 2.05) is 48.7 Å². The Kier molecular flexibility index (Phi) is 7.02. The van der Waals surface area contributed by atoms with Crippen LogP contribution in [0.3, 0.4) is 0 Å². The second-order valence-electron chi connectivity index (χ2n) is 9.30. The van der Waals surface area contributed by atoms with Crippen LogP contribution in [0.1, 0.15) is 30.0 Å². The fraction of sp³-hybridized carbons (Fsp3) is 0.346. The first-order valence-electron chi connectivity index (χ1n) is 12.0. The van der Waals surface area contributed by atoms with Crippen LogP contribution >= 0.6 is 11.3 Å². The maximum atomic E-state index is 12.6. The van der Waals surface area contributed by atoms with Crippen LogP contribution in [0, 0.1) is 6.92 Å². The number of nitrogens with one attached hydrogen (secondary N) is 2. The Morgan fingerprint density at radius 1 is 1.19 bits per heavy atom. The van der Waals surface area contributed by atoms with Gasteiger partial charge in [0.05, 0.1) is 5.39 Å². The molecule has 1 unspecified atom stereocenters. The van der Waals surface area contributed by atoms with Gasteiger partial charge in [-0.2, -0.15) is 13.2 Å². The van der Waals surface area contributed by atoms with Crippen molar-refractivity contribution in [3.8, 4) is 10.7 Å². The van der Waals surface area contributed by atoms with Gasteiger partial charge in [0.25, 0.3) is 5.56 Å². The molecule has 1 aliphatic heterocycles. The van der Waals surface area contributed by atoms with Crippen LogP contribution in [0.2, 0.25) is 0 Å². The Hall–Kier alpha value is -3.28. The third-order valence-electron chi connectivity index (χ3n) is 6.63. The molecular weight excluding hydrogens is 503 g/mol. The maximum absolute atomic E-state index is 12.6. The van der Waals surface area contributed by atoms with Crippen molar-refractivity contribution in [3.63, 3.8) is 0 Å². The van der Waals surface area contributed by atoms with Gasteiger partial charge in [0, 0.05) is 29.5 Å². The van der Waals surface area contributed by atoms with E-state index in [2.05, 4.69) is 15.3 Å². The van der Waals surface area contributed by atoms with E-state index in [1.54, 1.807) is 11.1 Å². The fourth-order valence-corrected chi connectivity index (χ4v) is 5.42. The number of aryl methyl sites for hydroxylation is 1. The summed E-state index contributed by atoms with van der Waals surface area (Å²) in [5, 5.41) is 16.5. The molecule has 1 aliphatic rings. The number of hydrogen-bond acceptors (Lipinski definition) is 7. The minimum Gasteiger partial charge on any atom is -0.382 e. The Morgan fingerprint density at radius 3 is 2.57 bits per heavy atom. The number of aliphatic hydroxyl groups is 1. The number of aromatic amines is 1. The number of halogens is 3. The van der Waals surface area contributed by atoms with Gasteiger partial charge in [0.15, 0.2) is 6.10 Å². The lowest BCUT2D eigenvalue weighted by Gasteiger charge is -2.33. The molecule has 4 aromatic rings. The van der Waals surface area contributed by atoms with Crippen molar-refractivity contribution in [3.05, 3.63) is 69.6 Å². The van der Waals surface area contributed by atoms with Gasteiger partial charge in [-0.25, -0.2) is 9.97 Å². The van der Waals surface area contributed by atoms with E-state index in [0.717, 1.165) is 27.3 Å². The summed E-state index contributed by atoms with van der Waals surface area (Å²) in [6.45, 7) is 2.53. The molecule has 1 aromatic carbocycles. The quantitative estimate of drug-likeness (QED) is 0.318. The summed E-state index contributed by atoms with van der Waals surface area (Å²) in [6.07, 6.45) is -3.87. The number of H-pyrrole nitrogens is 1. The number of thiazole rings is 1. The van der Waals surface area contributed by atoms with Crippen molar-refractivity contribution in [1.82, 2.24) is 19.9 Å². The van der Waals surface area contributed by atoms with E-state index in [1.165, 1.54) is 11.3 Å².